The predicted molar refractivity (Wildman–Crippen MR) is 83.4 cm³/mol. The summed E-state index contributed by atoms with van der Waals surface area (Å²) in [4.78, 5) is 20.5. The molecule has 1 aromatic carbocycles. The summed E-state index contributed by atoms with van der Waals surface area (Å²) in [7, 11) is 0. The Kier molecular flexibility index (Phi) is 5.43. The van der Waals surface area contributed by atoms with Gasteiger partial charge in [-0.2, -0.15) is 0 Å². The molecule has 0 saturated carbocycles. The summed E-state index contributed by atoms with van der Waals surface area (Å²) < 4.78 is 0. The van der Waals surface area contributed by atoms with Gasteiger partial charge in [-0.15, -0.1) is 0 Å². The lowest BCUT2D eigenvalue weighted by Gasteiger charge is -2.12. The third-order valence-electron chi connectivity index (χ3n) is 3.59. The summed E-state index contributed by atoms with van der Waals surface area (Å²) in [5.41, 5.74) is 2.74. The Morgan fingerprint density at radius 1 is 1.14 bits per heavy atom. The van der Waals surface area contributed by atoms with Crippen molar-refractivity contribution in [3.63, 3.8) is 0 Å². The fourth-order valence-electron chi connectivity index (χ4n) is 2.24. The van der Waals surface area contributed by atoms with Crippen LogP contribution in [-0.4, -0.2) is 15.9 Å². The van der Waals surface area contributed by atoms with Crippen LogP contribution in [0.3, 0.4) is 0 Å². The zero-order chi connectivity index (χ0) is 15.1. The van der Waals surface area contributed by atoms with Crippen molar-refractivity contribution in [3.8, 4) is 11.3 Å². The lowest BCUT2D eigenvalue weighted by molar-refractivity contribution is -0.125. The van der Waals surface area contributed by atoms with E-state index in [2.05, 4.69) is 15.3 Å². The first-order valence-electron chi connectivity index (χ1n) is 7.38. The smallest absolute Gasteiger partial charge is 0.223 e. The number of benzene rings is 1. The van der Waals surface area contributed by atoms with Crippen LogP contribution in [0.2, 0.25) is 0 Å². The first kappa shape index (κ1) is 15.2. The number of rotatable bonds is 6. The van der Waals surface area contributed by atoms with Gasteiger partial charge in [0, 0.05) is 11.5 Å². The van der Waals surface area contributed by atoms with Crippen LogP contribution in [0.5, 0.6) is 0 Å². The summed E-state index contributed by atoms with van der Waals surface area (Å²) in [5.74, 6) is 0.181. The fourth-order valence-corrected chi connectivity index (χ4v) is 2.24. The highest BCUT2D eigenvalue weighted by atomic mass is 16.1. The number of carbonyl (C=O) groups is 1. The summed E-state index contributed by atoms with van der Waals surface area (Å²) >= 11 is 0. The van der Waals surface area contributed by atoms with Gasteiger partial charge in [0.15, 0.2) is 0 Å². The number of hydrogen-bond donors (Lipinski definition) is 1. The largest absolute Gasteiger partial charge is 0.350 e. The van der Waals surface area contributed by atoms with E-state index in [1.807, 2.05) is 50.2 Å². The number of carbonyl (C=O) groups excluding carboxylic acids is 1. The van der Waals surface area contributed by atoms with Crippen molar-refractivity contribution in [2.24, 2.45) is 5.92 Å². The van der Waals surface area contributed by atoms with Crippen LogP contribution >= 0.6 is 0 Å². The first-order chi connectivity index (χ1) is 10.2. The number of hydrogen-bond acceptors (Lipinski definition) is 3. The first-order valence-corrected chi connectivity index (χ1v) is 7.38. The van der Waals surface area contributed by atoms with E-state index in [1.165, 1.54) is 0 Å². The van der Waals surface area contributed by atoms with Gasteiger partial charge < -0.3 is 5.32 Å². The highest BCUT2D eigenvalue weighted by Crippen LogP contribution is 2.16. The lowest BCUT2D eigenvalue weighted by Crippen LogP contribution is -2.29. The van der Waals surface area contributed by atoms with E-state index in [4.69, 9.17) is 0 Å². The second-order valence-corrected chi connectivity index (χ2v) is 4.99. The molecule has 0 aliphatic rings. The van der Waals surface area contributed by atoms with Gasteiger partial charge in [0.2, 0.25) is 5.91 Å². The zero-order valence-electron chi connectivity index (χ0n) is 12.5. The van der Waals surface area contributed by atoms with E-state index < -0.39 is 0 Å². The molecule has 1 aromatic heterocycles. The summed E-state index contributed by atoms with van der Waals surface area (Å²) in [5, 5.41) is 2.95. The molecule has 110 valence electrons. The van der Waals surface area contributed by atoms with Gasteiger partial charge in [0.05, 0.1) is 17.9 Å². The molecular formula is C17H21N3O. The Hall–Kier alpha value is -2.23. The predicted octanol–water partition coefficient (Wildman–Crippen LogP) is 3.20. The maximum atomic E-state index is 12.0. The van der Waals surface area contributed by atoms with Gasteiger partial charge in [-0.25, -0.2) is 9.97 Å². The van der Waals surface area contributed by atoms with E-state index in [9.17, 15) is 4.79 Å². The third-order valence-corrected chi connectivity index (χ3v) is 3.59. The average molecular weight is 283 g/mol. The van der Waals surface area contributed by atoms with Crippen molar-refractivity contribution < 1.29 is 4.79 Å². The average Bonchev–Trinajstić information content (AvgIpc) is 2.55. The fraction of sp³-hybridized carbons (Fsp3) is 0.353. The van der Waals surface area contributed by atoms with Crippen molar-refractivity contribution in [3.05, 3.63) is 48.4 Å². The zero-order valence-corrected chi connectivity index (χ0v) is 12.5. The Morgan fingerprint density at radius 3 is 2.52 bits per heavy atom. The lowest BCUT2D eigenvalue weighted by atomic mass is 10.0. The summed E-state index contributed by atoms with van der Waals surface area (Å²) in [6.07, 6.45) is 3.27. The van der Waals surface area contributed by atoms with Gasteiger partial charge in [0.1, 0.15) is 6.33 Å². The van der Waals surface area contributed by atoms with Crippen molar-refractivity contribution in [2.75, 3.05) is 0 Å². The van der Waals surface area contributed by atoms with Crippen LogP contribution in [0.4, 0.5) is 0 Å². The van der Waals surface area contributed by atoms with Crippen LogP contribution in [-0.2, 0) is 11.3 Å². The van der Waals surface area contributed by atoms with Crippen LogP contribution in [0.15, 0.2) is 42.7 Å². The van der Waals surface area contributed by atoms with Gasteiger partial charge in [-0.3, -0.25) is 4.79 Å². The van der Waals surface area contributed by atoms with Crippen molar-refractivity contribution in [2.45, 2.75) is 33.2 Å². The standard InChI is InChI=1S/C17H21N3O/c1-3-13(4-2)17(21)18-11-15-10-16(20-12-19-15)14-8-6-5-7-9-14/h5-10,12-13H,3-4,11H2,1-2H3,(H,18,21). The third kappa shape index (κ3) is 4.12. The molecule has 4 heteroatoms. The van der Waals surface area contributed by atoms with Gasteiger partial charge >= 0.3 is 0 Å². The van der Waals surface area contributed by atoms with E-state index in [0.29, 0.717) is 6.54 Å². The van der Waals surface area contributed by atoms with Gasteiger partial charge in [-0.1, -0.05) is 44.2 Å². The second-order valence-electron chi connectivity index (χ2n) is 4.99. The molecule has 1 heterocycles. The SMILES string of the molecule is CCC(CC)C(=O)NCc1cc(-c2ccccc2)ncn1. The summed E-state index contributed by atoms with van der Waals surface area (Å²) in [6.45, 7) is 4.51. The minimum absolute atomic E-state index is 0.0837. The van der Waals surface area contributed by atoms with Crippen LogP contribution in [0.25, 0.3) is 11.3 Å². The van der Waals surface area contributed by atoms with Gasteiger partial charge in [-0.05, 0) is 18.9 Å². The molecule has 0 bridgehead atoms. The molecule has 0 radical (unpaired) electrons. The molecule has 0 atom stereocenters. The van der Waals surface area contributed by atoms with Crippen molar-refractivity contribution in [1.82, 2.24) is 15.3 Å². The van der Waals surface area contributed by atoms with Crippen LogP contribution < -0.4 is 5.32 Å². The maximum Gasteiger partial charge on any atom is 0.223 e. The molecule has 2 rings (SSSR count). The molecule has 1 N–H and O–H groups in total. The van der Waals surface area contributed by atoms with Crippen molar-refractivity contribution >= 4 is 5.91 Å². The number of nitrogens with one attached hydrogen (secondary N) is 1. The molecule has 0 saturated heterocycles. The Morgan fingerprint density at radius 2 is 1.86 bits per heavy atom. The number of amides is 1. The number of aromatic nitrogens is 2. The van der Waals surface area contributed by atoms with Crippen LogP contribution in [0, 0.1) is 5.92 Å². The molecule has 0 unspecified atom stereocenters. The molecule has 21 heavy (non-hydrogen) atoms. The summed E-state index contributed by atoms with van der Waals surface area (Å²) in [6, 6.07) is 11.9. The van der Waals surface area contributed by atoms with Gasteiger partial charge in [0.25, 0.3) is 0 Å². The second kappa shape index (κ2) is 7.53. The minimum atomic E-state index is 0.0837. The molecule has 4 nitrogen and oxygen atoms in total. The van der Waals surface area contributed by atoms with E-state index >= 15 is 0 Å². The molecule has 2 aromatic rings. The molecule has 0 aliphatic heterocycles. The quantitative estimate of drug-likeness (QED) is 0.885. The topological polar surface area (TPSA) is 54.9 Å². The van der Waals surface area contributed by atoms with Crippen molar-refractivity contribution in [1.29, 1.82) is 0 Å². The molecule has 0 spiro atoms. The minimum Gasteiger partial charge on any atom is -0.350 e. The Bertz CT molecular complexity index is 580. The highest BCUT2D eigenvalue weighted by Gasteiger charge is 2.13. The Balaban J connectivity index is 2.04. The molecule has 0 aliphatic carbocycles. The Labute approximate surface area is 125 Å². The maximum absolute atomic E-state index is 12.0. The van der Waals surface area contributed by atoms with E-state index in [0.717, 1.165) is 29.8 Å². The van der Waals surface area contributed by atoms with Crippen LogP contribution in [0.1, 0.15) is 32.4 Å². The highest BCUT2D eigenvalue weighted by molar-refractivity contribution is 5.78. The van der Waals surface area contributed by atoms with E-state index in [-0.39, 0.29) is 11.8 Å². The molecule has 0 fully saturated rings. The number of nitrogens with zero attached hydrogens (tertiary/aromatic N) is 2. The van der Waals surface area contributed by atoms with E-state index in [1.54, 1.807) is 6.33 Å². The molecule has 1 amide bonds. The normalized spacial score (nSPS) is 10.6. The monoisotopic (exact) mass is 283 g/mol. The molecular weight excluding hydrogens is 262 g/mol.